The Bertz CT molecular complexity index is 1580. The average Bonchev–Trinajstić information content (AvgIpc) is 3.77. The van der Waals surface area contributed by atoms with E-state index in [0.717, 1.165) is 25.7 Å². The molecule has 5 aliphatic rings. The molecule has 59 heavy (non-hydrogen) atoms. The van der Waals surface area contributed by atoms with Crippen LogP contribution in [-0.4, -0.2) is 118 Å². The van der Waals surface area contributed by atoms with Crippen molar-refractivity contribution in [2.24, 2.45) is 40.7 Å². The van der Waals surface area contributed by atoms with Crippen LogP contribution in [0.3, 0.4) is 0 Å². The Hall–Kier alpha value is -3.77. The van der Waals surface area contributed by atoms with Gasteiger partial charge in [-0.2, -0.15) is 0 Å². The van der Waals surface area contributed by atoms with E-state index >= 15 is 0 Å². The van der Waals surface area contributed by atoms with Gasteiger partial charge in [0.1, 0.15) is 24.2 Å². The largest absolute Gasteiger partial charge is 0.481 e. The molecule has 2 heterocycles. The number of hydrogen-bond donors (Lipinski definition) is 7. The second-order valence-electron chi connectivity index (χ2n) is 19.1. The molecular formula is C41H69BN6O11. The summed E-state index contributed by atoms with van der Waals surface area (Å²) in [6.07, 6.45) is 3.88. The van der Waals surface area contributed by atoms with Gasteiger partial charge in [-0.3, -0.25) is 33.6 Å². The number of nitrogens with one attached hydrogen (secondary N) is 4. The van der Waals surface area contributed by atoms with E-state index < -0.39 is 109 Å². The Labute approximate surface area is 348 Å². The van der Waals surface area contributed by atoms with Gasteiger partial charge in [-0.15, -0.1) is 0 Å². The van der Waals surface area contributed by atoms with Crippen LogP contribution in [0, 0.1) is 35.0 Å². The predicted octanol–water partition coefficient (Wildman–Crippen LogP) is 1.99. The zero-order valence-electron chi connectivity index (χ0n) is 36.4. The molecule has 0 radical (unpaired) electrons. The highest BCUT2D eigenvalue weighted by molar-refractivity contribution is 6.48. The minimum absolute atomic E-state index is 0.0512. The first kappa shape index (κ1) is 47.9. The van der Waals surface area contributed by atoms with Crippen molar-refractivity contribution in [1.82, 2.24) is 26.2 Å². The Morgan fingerprint density at radius 2 is 1.46 bits per heavy atom. The summed E-state index contributed by atoms with van der Waals surface area (Å²) in [5.74, 6) is -5.82. The van der Waals surface area contributed by atoms with E-state index in [1.165, 1.54) is 4.90 Å². The molecule has 3 aliphatic carbocycles. The van der Waals surface area contributed by atoms with E-state index in [9.17, 15) is 38.7 Å². The number of hydrogen-bond acceptors (Lipinski definition) is 10. The minimum Gasteiger partial charge on any atom is -0.481 e. The Kier molecular flexibility index (Phi) is 16.0. The highest BCUT2D eigenvalue weighted by atomic mass is 16.7. The molecule has 2 bridgehead atoms. The lowest BCUT2D eigenvalue weighted by molar-refractivity contribution is -0.199. The molecule has 0 aromatic heterocycles. The first-order valence-electron chi connectivity index (χ1n) is 21.5. The van der Waals surface area contributed by atoms with Crippen LogP contribution in [0.4, 0.5) is 0 Å². The van der Waals surface area contributed by atoms with Crippen molar-refractivity contribution in [3.8, 4) is 0 Å². The number of carboxylic acid groups (broad SMARTS) is 2. The first-order chi connectivity index (χ1) is 27.5. The van der Waals surface area contributed by atoms with Gasteiger partial charge in [0.25, 0.3) is 0 Å². The summed E-state index contributed by atoms with van der Waals surface area (Å²) < 4.78 is 13.4. The summed E-state index contributed by atoms with van der Waals surface area (Å²) >= 11 is 0. The van der Waals surface area contributed by atoms with Gasteiger partial charge in [0.2, 0.25) is 29.5 Å². The van der Waals surface area contributed by atoms with E-state index in [-0.39, 0.29) is 23.8 Å². The number of aliphatic carboxylic acids is 2. The number of nitrogens with two attached hydrogens (primary N) is 1. The average molecular weight is 833 g/mol. The van der Waals surface area contributed by atoms with Crippen LogP contribution >= 0.6 is 0 Å². The maximum atomic E-state index is 14.3. The van der Waals surface area contributed by atoms with Crippen molar-refractivity contribution in [1.29, 1.82) is 0 Å². The number of rotatable bonds is 21. The first-order valence-corrected chi connectivity index (χ1v) is 21.5. The van der Waals surface area contributed by atoms with E-state index in [1.807, 2.05) is 0 Å². The SMILES string of the molecule is CC(C)CCCC(NC(=O)[C@@H]1CCCN1C(=O)[C@@H](NC(=O)[C@@H](NC(=O)[C@H](CCC(=O)O)NC(=O)[C@@H](N)CC(=O)O)C(C)C)C(C)C)B1OC2CC3CC(C3(C)C)C2(C)O1. The molecule has 3 saturated carbocycles. The number of likely N-dealkylation sites (tertiary alicyclic amines) is 1. The third-order valence-corrected chi connectivity index (χ3v) is 13.2. The maximum Gasteiger partial charge on any atom is 0.481 e. The van der Waals surface area contributed by atoms with Crippen LogP contribution in [0.25, 0.3) is 0 Å². The maximum absolute atomic E-state index is 14.3. The third kappa shape index (κ3) is 11.3. The van der Waals surface area contributed by atoms with Crippen molar-refractivity contribution >= 4 is 48.6 Å². The van der Waals surface area contributed by atoms with Gasteiger partial charge in [-0.05, 0) is 80.5 Å². The molecule has 5 rings (SSSR count). The monoisotopic (exact) mass is 833 g/mol. The lowest BCUT2D eigenvalue weighted by Gasteiger charge is -2.64. The normalized spacial score (nSPS) is 26.9. The quantitative estimate of drug-likeness (QED) is 0.0821. The Balaban J connectivity index is 1.46. The van der Waals surface area contributed by atoms with Crippen LogP contribution in [0.5, 0.6) is 0 Å². The van der Waals surface area contributed by atoms with Crippen molar-refractivity contribution in [3.63, 3.8) is 0 Å². The van der Waals surface area contributed by atoms with E-state index in [2.05, 4.69) is 55.9 Å². The molecule has 0 aromatic rings. The second-order valence-corrected chi connectivity index (χ2v) is 19.1. The summed E-state index contributed by atoms with van der Waals surface area (Å²) in [6.45, 7) is 18.2. The number of nitrogens with zero attached hydrogens (tertiary/aromatic N) is 1. The van der Waals surface area contributed by atoms with Crippen molar-refractivity contribution in [3.05, 3.63) is 0 Å². The van der Waals surface area contributed by atoms with Crippen LogP contribution < -0.4 is 27.0 Å². The Morgan fingerprint density at radius 3 is 2.03 bits per heavy atom. The molecule has 5 unspecified atom stereocenters. The van der Waals surface area contributed by atoms with Gasteiger partial charge < -0.3 is 51.4 Å². The number of carbonyl (C=O) groups excluding carboxylic acids is 5. The van der Waals surface area contributed by atoms with Gasteiger partial charge in [0.15, 0.2) is 0 Å². The molecule has 17 nitrogen and oxygen atoms in total. The zero-order chi connectivity index (χ0) is 44.1. The fourth-order valence-electron chi connectivity index (χ4n) is 9.50. The lowest BCUT2D eigenvalue weighted by Crippen LogP contribution is -2.65. The number of carbonyl (C=O) groups is 7. The van der Waals surface area contributed by atoms with Crippen molar-refractivity contribution in [2.45, 2.75) is 174 Å². The molecule has 5 fully saturated rings. The topological polar surface area (TPSA) is 256 Å². The molecule has 10 atom stereocenters. The predicted molar refractivity (Wildman–Crippen MR) is 218 cm³/mol. The molecule has 8 N–H and O–H groups in total. The zero-order valence-corrected chi connectivity index (χ0v) is 36.4. The van der Waals surface area contributed by atoms with E-state index in [0.29, 0.717) is 43.6 Å². The van der Waals surface area contributed by atoms with Crippen LogP contribution in [0.2, 0.25) is 0 Å². The van der Waals surface area contributed by atoms with E-state index in [4.69, 9.17) is 20.1 Å². The van der Waals surface area contributed by atoms with Crippen LogP contribution in [0.15, 0.2) is 0 Å². The molecule has 332 valence electrons. The highest BCUT2D eigenvalue weighted by Crippen LogP contribution is 2.65. The molecule has 18 heteroatoms. The third-order valence-electron chi connectivity index (χ3n) is 13.2. The molecule has 2 aliphatic heterocycles. The van der Waals surface area contributed by atoms with Gasteiger partial charge in [0, 0.05) is 13.0 Å². The van der Waals surface area contributed by atoms with Gasteiger partial charge in [0.05, 0.1) is 30.1 Å². The summed E-state index contributed by atoms with van der Waals surface area (Å²) in [7, 11) is -0.619. The standard InChI is InChI=1S/C41H69BN6O11/c1-21(2)12-10-14-30(42-58-29-19-24-18-28(40(24,7)8)41(29,9)59-42)45-37(55)27-13-11-17-48(27)39(57)34(23(5)6)47-38(56)33(22(3)4)46-36(54)26(15-16-31(49)50)44-35(53)25(43)20-32(51)52/h21-30,33-34H,10-20,43H2,1-9H3,(H,44,53)(H,45,55)(H,46,54)(H,47,56)(H,49,50)(H,51,52)/t24?,25-,26-,27-,28?,29?,30?,33-,34-,41?/m0/s1. The Morgan fingerprint density at radius 1 is 0.814 bits per heavy atom. The van der Waals surface area contributed by atoms with Crippen molar-refractivity contribution < 1.29 is 53.1 Å². The lowest BCUT2D eigenvalue weighted by atomic mass is 9.43. The summed E-state index contributed by atoms with van der Waals surface area (Å²) in [4.78, 5) is 92.4. The van der Waals surface area contributed by atoms with Gasteiger partial charge in [-0.25, -0.2) is 0 Å². The summed E-state index contributed by atoms with van der Waals surface area (Å²) in [6, 6.07) is -6.02. The molecule has 0 aromatic carbocycles. The summed E-state index contributed by atoms with van der Waals surface area (Å²) in [5, 5.41) is 29.2. The number of carboxylic acids is 2. The molecular weight excluding hydrogens is 763 g/mol. The summed E-state index contributed by atoms with van der Waals surface area (Å²) in [5.41, 5.74) is 5.37. The van der Waals surface area contributed by atoms with E-state index in [1.54, 1.807) is 27.7 Å². The molecule has 2 saturated heterocycles. The fourth-order valence-corrected chi connectivity index (χ4v) is 9.50. The number of amides is 5. The van der Waals surface area contributed by atoms with Crippen molar-refractivity contribution in [2.75, 3.05) is 6.54 Å². The smallest absolute Gasteiger partial charge is 0.481 e. The van der Waals surface area contributed by atoms with Gasteiger partial charge >= 0.3 is 19.1 Å². The minimum atomic E-state index is -1.50. The van der Waals surface area contributed by atoms with Crippen LogP contribution in [-0.2, 0) is 42.9 Å². The molecule has 5 amide bonds. The van der Waals surface area contributed by atoms with Crippen LogP contribution in [0.1, 0.15) is 127 Å². The van der Waals surface area contributed by atoms with Gasteiger partial charge in [-0.1, -0.05) is 68.2 Å². The highest BCUT2D eigenvalue weighted by Gasteiger charge is 2.68. The molecule has 0 spiro atoms. The second kappa shape index (κ2) is 19.7. The fraction of sp³-hybridized carbons (Fsp3) is 0.829.